The molecule has 1 aromatic heterocycles. The third-order valence-corrected chi connectivity index (χ3v) is 6.18. The van der Waals surface area contributed by atoms with Crippen LogP contribution in [0, 0.1) is 6.92 Å². The predicted octanol–water partition coefficient (Wildman–Crippen LogP) is 4.80. The highest BCUT2D eigenvalue weighted by atomic mass is 16.3. The second kappa shape index (κ2) is 7.67. The van der Waals surface area contributed by atoms with Crippen LogP contribution < -0.4 is 4.90 Å². The smallest absolute Gasteiger partial charge is 0.165 e. The molecule has 1 saturated heterocycles. The summed E-state index contributed by atoms with van der Waals surface area (Å²) in [5.41, 5.74) is 2.74. The Kier molecular flexibility index (Phi) is 4.83. The van der Waals surface area contributed by atoms with Crippen LogP contribution in [0.15, 0.2) is 72.8 Å². The predicted molar refractivity (Wildman–Crippen MR) is 123 cm³/mol. The van der Waals surface area contributed by atoms with Crippen molar-refractivity contribution in [1.29, 1.82) is 0 Å². The fourth-order valence-electron chi connectivity index (χ4n) is 4.37. The van der Waals surface area contributed by atoms with Gasteiger partial charge in [0.2, 0.25) is 0 Å². The molecule has 4 aromatic rings. The van der Waals surface area contributed by atoms with Gasteiger partial charge in [0.25, 0.3) is 0 Å². The molecule has 0 spiro atoms. The van der Waals surface area contributed by atoms with Crippen LogP contribution in [0.1, 0.15) is 24.0 Å². The maximum atomic E-state index is 11.2. The lowest BCUT2D eigenvalue weighted by Crippen LogP contribution is -2.43. The lowest BCUT2D eigenvalue weighted by molar-refractivity contribution is 0.0117. The summed E-state index contributed by atoms with van der Waals surface area (Å²) in [6, 6.07) is 23.2. The highest BCUT2D eigenvalue weighted by Gasteiger charge is 2.34. The number of phenols is 1. The standard InChI is InChI=1S/C26H25N3O2/c1-18-11-12-20-22(17-18)27-24(21-9-5-6-10-23(21)30)28-25(20)29-15-13-26(31,14-16-29)19-7-3-2-4-8-19/h2-12,17,30-31H,13-16H2,1H3. The molecule has 3 aromatic carbocycles. The topological polar surface area (TPSA) is 69.5 Å². The highest BCUT2D eigenvalue weighted by Crippen LogP contribution is 2.37. The Morgan fingerprint density at radius 3 is 2.32 bits per heavy atom. The molecule has 1 aliphatic heterocycles. The number of anilines is 1. The number of aromatic hydroxyl groups is 1. The van der Waals surface area contributed by atoms with Crippen LogP contribution in [0.4, 0.5) is 5.82 Å². The number of hydrogen-bond donors (Lipinski definition) is 2. The van der Waals surface area contributed by atoms with E-state index in [1.807, 2.05) is 55.5 Å². The van der Waals surface area contributed by atoms with E-state index >= 15 is 0 Å². The number of piperidine rings is 1. The van der Waals surface area contributed by atoms with Crippen molar-refractivity contribution in [1.82, 2.24) is 9.97 Å². The zero-order valence-electron chi connectivity index (χ0n) is 17.5. The molecule has 0 aliphatic carbocycles. The van der Waals surface area contributed by atoms with Crippen molar-refractivity contribution >= 4 is 16.7 Å². The van der Waals surface area contributed by atoms with Gasteiger partial charge in [-0.25, -0.2) is 9.97 Å². The normalized spacial score (nSPS) is 15.9. The summed E-state index contributed by atoms with van der Waals surface area (Å²) in [7, 11) is 0. The number of fused-ring (bicyclic) bond motifs is 1. The van der Waals surface area contributed by atoms with Gasteiger partial charge in [-0.05, 0) is 55.2 Å². The van der Waals surface area contributed by atoms with Gasteiger partial charge in [0, 0.05) is 18.5 Å². The quantitative estimate of drug-likeness (QED) is 0.507. The molecule has 0 saturated carbocycles. The van der Waals surface area contributed by atoms with E-state index in [0.29, 0.717) is 37.3 Å². The molecule has 5 rings (SSSR count). The van der Waals surface area contributed by atoms with Crippen LogP contribution >= 0.6 is 0 Å². The van der Waals surface area contributed by atoms with Crippen LogP contribution in [-0.4, -0.2) is 33.3 Å². The summed E-state index contributed by atoms with van der Waals surface area (Å²) in [5.74, 6) is 1.52. The van der Waals surface area contributed by atoms with E-state index in [9.17, 15) is 10.2 Å². The molecule has 0 amide bonds. The molecule has 5 heteroatoms. The number of nitrogens with zero attached hydrogens (tertiary/aromatic N) is 3. The molecular formula is C26H25N3O2. The first-order valence-corrected chi connectivity index (χ1v) is 10.6. The summed E-state index contributed by atoms with van der Waals surface area (Å²) < 4.78 is 0. The highest BCUT2D eigenvalue weighted by molar-refractivity contribution is 5.92. The van der Waals surface area contributed by atoms with Gasteiger partial charge < -0.3 is 15.1 Å². The third-order valence-electron chi connectivity index (χ3n) is 6.18. The van der Waals surface area contributed by atoms with E-state index < -0.39 is 5.60 Å². The first kappa shape index (κ1) is 19.5. The Balaban J connectivity index is 1.55. The van der Waals surface area contributed by atoms with Gasteiger partial charge in [0.1, 0.15) is 11.6 Å². The van der Waals surface area contributed by atoms with Crippen molar-refractivity contribution in [2.24, 2.45) is 0 Å². The van der Waals surface area contributed by atoms with Crippen molar-refractivity contribution in [3.63, 3.8) is 0 Å². The number of rotatable bonds is 3. The Morgan fingerprint density at radius 1 is 0.871 bits per heavy atom. The first-order chi connectivity index (χ1) is 15.0. The van der Waals surface area contributed by atoms with Gasteiger partial charge in [-0.1, -0.05) is 48.5 Å². The van der Waals surface area contributed by atoms with Gasteiger partial charge in [0.05, 0.1) is 16.7 Å². The minimum atomic E-state index is -0.822. The number of aryl methyl sites for hydroxylation is 1. The average molecular weight is 412 g/mol. The number of phenolic OH excluding ortho intramolecular Hbond substituents is 1. The van der Waals surface area contributed by atoms with Crippen molar-refractivity contribution in [3.8, 4) is 17.1 Å². The van der Waals surface area contributed by atoms with E-state index in [2.05, 4.69) is 17.0 Å². The Bertz CT molecular complexity index is 1230. The van der Waals surface area contributed by atoms with E-state index in [0.717, 1.165) is 27.8 Å². The molecule has 0 bridgehead atoms. The number of benzene rings is 3. The fraction of sp³-hybridized carbons (Fsp3) is 0.231. The lowest BCUT2D eigenvalue weighted by Gasteiger charge is -2.39. The molecule has 156 valence electrons. The van der Waals surface area contributed by atoms with Gasteiger partial charge in [-0.2, -0.15) is 0 Å². The SMILES string of the molecule is Cc1ccc2c(N3CCC(O)(c4ccccc4)CC3)nc(-c3ccccc3O)nc2c1. The van der Waals surface area contributed by atoms with E-state index in [4.69, 9.17) is 9.97 Å². The van der Waals surface area contributed by atoms with Crippen LogP contribution in [0.25, 0.3) is 22.3 Å². The number of aliphatic hydroxyl groups is 1. The summed E-state index contributed by atoms with van der Waals surface area (Å²) in [6.45, 7) is 3.42. The van der Waals surface area contributed by atoms with Crippen molar-refractivity contribution < 1.29 is 10.2 Å². The van der Waals surface area contributed by atoms with E-state index in [1.54, 1.807) is 12.1 Å². The number of hydrogen-bond acceptors (Lipinski definition) is 5. The molecule has 0 atom stereocenters. The largest absolute Gasteiger partial charge is 0.507 e. The van der Waals surface area contributed by atoms with E-state index in [1.165, 1.54) is 0 Å². The maximum Gasteiger partial charge on any atom is 0.165 e. The zero-order valence-corrected chi connectivity index (χ0v) is 17.5. The maximum absolute atomic E-state index is 11.2. The second-order valence-electron chi connectivity index (χ2n) is 8.29. The summed E-state index contributed by atoms with van der Waals surface area (Å²) in [5, 5.41) is 22.6. The Labute approximate surface area is 181 Å². The number of aromatic nitrogens is 2. The fourth-order valence-corrected chi connectivity index (χ4v) is 4.37. The molecule has 2 heterocycles. The molecule has 0 unspecified atom stereocenters. The molecule has 5 nitrogen and oxygen atoms in total. The lowest BCUT2D eigenvalue weighted by atomic mass is 9.84. The minimum absolute atomic E-state index is 0.164. The molecular weight excluding hydrogens is 386 g/mol. The van der Waals surface area contributed by atoms with Crippen LogP contribution in [-0.2, 0) is 5.60 Å². The Hall–Kier alpha value is -3.44. The number of para-hydroxylation sites is 1. The monoisotopic (exact) mass is 411 g/mol. The van der Waals surface area contributed by atoms with Gasteiger partial charge in [0.15, 0.2) is 5.82 Å². The second-order valence-corrected chi connectivity index (χ2v) is 8.29. The molecule has 0 radical (unpaired) electrons. The molecule has 2 N–H and O–H groups in total. The molecule has 1 fully saturated rings. The van der Waals surface area contributed by atoms with Crippen LogP contribution in [0.3, 0.4) is 0 Å². The summed E-state index contributed by atoms with van der Waals surface area (Å²) in [4.78, 5) is 11.9. The summed E-state index contributed by atoms with van der Waals surface area (Å²) >= 11 is 0. The zero-order chi connectivity index (χ0) is 21.4. The van der Waals surface area contributed by atoms with Gasteiger partial charge in [-0.15, -0.1) is 0 Å². The van der Waals surface area contributed by atoms with E-state index in [-0.39, 0.29) is 5.75 Å². The average Bonchev–Trinajstić information content (AvgIpc) is 2.79. The van der Waals surface area contributed by atoms with Gasteiger partial charge >= 0.3 is 0 Å². The van der Waals surface area contributed by atoms with Crippen LogP contribution in [0.5, 0.6) is 5.75 Å². The third kappa shape index (κ3) is 3.62. The minimum Gasteiger partial charge on any atom is -0.507 e. The summed E-state index contributed by atoms with van der Waals surface area (Å²) in [6.07, 6.45) is 1.25. The van der Waals surface area contributed by atoms with Crippen molar-refractivity contribution in [2.45, 2.75) is 25.4 Å². The Morgan fingerprint density at radius 2 is 1.58 bits per heavy atom. The molecule has 1 aliphatic rings. The van der Waals surface area contributed by atoms with Crippen LogP contribution in [0.2, 0.25) is 0 Å². The van der Waals surface area contributed by atoms with Crippen molar-refractivity contribution in [2.75, 3.05) is 18.0 Å². The van der Waals surface area contributed by atoms with Crippen molar-refractivity contribution in [3.05, 3.63) is 83.9 Å². The first-order valence-electron chi connectivity index (χ1n) is 10.6. The molecule has 31 heavy (non-hydrogen) atoms. The van der Waals surface area contributed by atoms with Gasteiger partial charge in [-0.3, -0.25) is 0 Å².